The summed E-state index contributed by atoms with van der Waals surface area (Å²) in [4.78, 5) is 6.85. The van der Waals surface area contributed by atoms with E-state index in [0.717, 1.165) is 30.9 Å². The summed E-state index contributed by atoms with van der Waals surface area (Å²) < 4.78 is 10.7. The third kappa shape index (κ3) is 3.48. The Labute approximate surface area is 158 Å². The number of anilines is 4. The van der Waals surface area contributed by atoms with Crippen molar-refractivity contribution in [2.45, 2.75) is 12.8 Å². The van der Waals surface area contributed by atoms with E-state index < -0.39 is 0 Å². The number of hydrogen-bond donors (Lipinski definition) is 1. The second-order valence-corrected chi connectivity index (χ2v) is 6.21. The molecule has 7 nitrogen and oxygen atoms in total. The van der Waals surface area contributed by atoms with Crippen LogP contribution in [0.1, 0.15) is 12.0 Å². The molecule has 27 heavy (non-hydrogen) atoms. The summed E-state index contributed by atoms with van der Waals surface area (Å²) in [6.45, 7) is 0.900. The van der Waals surface area contributed by atoms with E-state index in [0.29, 0.717) is 17.4 Å². The highest BCUT2D eigenvalue weighted by atomic mass is 16.5. The molecule has 0 fully saturated rings. The molecule has 138 valence electrons. The van der Waals surface area contributed by atoms with E-state index in [1.807, 2.05) is 24.3 Å². The first-order valence-electron chi connectivity index (χ1n) is 8.82. The minimum atomic E-state index is 0.405. The van der Waals surface area contributed by atoms with Gasteiger partial charge in [0.05, 0.1) is 26.1 Å². The Balaban J connectivity index is 1.65. The van der Waals surface area contributed by atoms with Crippen LogP contribution in [-0.2, 0) is 6.42 Å². The zero-order chi connectivity index (χ0) is 18.6. The fourth-order valence-corrected chi connectivity index (χ4v) is 3.28. The molecule has 2 aromatic carbocycles. The number of methoxy groups -OCH3 is 2. The minimum Gasteiger partial charge on any atom is -0.497 e. The molecule has 0 saturated carbocycles. The normalized spacial score (nSPS) is 13.0. The zero-order valence-corrected chi connectivity index (χ0v) is 15.3. The summed E-state index contributed by atoms with van der Waals surface area (Å²) in [5, 5.41) is 11.4. The van der Waals surface area contributed by atoms with Gasteiger partial charge in [0.2, 0.25) is 5.95 Å². The van der Waals surface area contributed by atoms with Crippen LogP contribution in [0.3, 0.4) is 0 Å². The van der Waals surface area contributed by atoms with Gasteiger partial charge in [-0.25, -0.2) is 0 Å². The smallest absolute Gasteiger partial charge is 0.249 e. The Kier molecular flexibility index (Phi) is 4.74. The second-order valence-electron chi connectivity index (χ2n) is 6.21. The molecule has 0 saturated heterocycles. The van der Waals surface area contributed by atoms with Crippen molar-refractivity contribution in [3.8, 4) is 11.5 Å². The third-order valence-corrected chi connectivity index (χ3v) is 4.59. The van der Waals surface area contributed by atoms with Crippen LogP contribution < -0.4 is 19.7 Å². The van der Waals surface area contributed by atoms with E-state index in [2.05, 4.69) is 43.6 Å². The predicted octanol–water partition coefficient (Wildman–Crippen LogP) is 3.72. The van der Waals surface area contributed by atoms with E-state index in [-0.39, 0.29) is 0 Å². The lowest BCUT2D eigenvalue weighted by Gasteiger charge is -2.30. The molecular weight excluding hydrogens is 342 g/mol. The van der Waals surface area contributed by atoms with Gasteiger partial charge in [0.25, 0.3) is 0 Å². The zero-order valence-electron chi connectivity index (χ0n) is 15.3. The standard InChI is InChI=1S/C20H21N5O2/c1-26-15-9-10-18(27-2)16(12-15)22-20-23-19(13-21-24-20)25-11-5-7-14-6-3-4-8-17(14)25/h3-4,6,8-10,12-13H,5,7,11H2,1-2H3,(H,22,23,24). The molecule has 0 aliphatic carbocycles. The maximum Gasteiger partial charge on any atom is 0.249 e. The van der Waals surface area contributed by atoms with Crippen LogP contribution in [0.15, 0.2) is 48.7 Å². The van der Waals surface area contributed by atoms with Gasteiger partial charge in [0, 0.05) is 18.3 Å². The van der Waals surface area contributed by atoms with Crippen molar-refractivity contribution in [1.29, 1.82) is 0 Å². The van der Waals surface area contributed by atoms with Crippen LogP contribution in [0.2, 0.25) is 0 Å². The van der Waals surface area contributed by atoms with Gasteiger partial charge in [0.1, 0.15) is 11.5 Å². The lowest BCUT2D eigenvalue weighted by atomic mass is 10.0. The quantitative estimate of drug-likeness (QED) is 0.741. The number of benzene rings is 2. The van der Waals surface area contributed by atoms with Crippen LogP contribution in [-0.4, -0.2) is 35.9 Å². The molecule has 1 aliphatic rings. The van der Waals surface area contributed by atoms with Crippen molar-refractivity contribution in [3.63, 3.8) is 0 Å². The summed E-state index contributed by atoms with van der Waals surface area (Å²) in [7, 11) is 3.24. The molecule has 0 spiro atoms. The first-order valence-corrected chi connectivity index (χ1v) is 8.82. The highest BCUT2D eigenvalue weighted by Gasteiger charge is 2.19. The topological polar surface area (TPSA) is 72.4 Å². The number of aryl methyl sites for hydroxylation is 1. The molecule has 0 atom stereocenters. The average Bonchev–Trinajstić information content (AvgIpc) is 2.73. The fraction of sp³-hybridized carbons (Fsp3) is 0.250. The summed E-state index contributed by atoms with van der Waals surface area (Å²) in [6, 6.07) is 13.9. The lowest BCUT2D eigenvalue weighted by Crippen LogP contribution is -2.25. The van der Waals surface area contributed by atoms with Gasteiger partial charge in [-0.2, -0.15) is 10.1 Å². The highest BCUT2D eigenvalue weighted by Crippen LogP contribution is 2.33. The Morgan fingerprint density at radius 2 is 1.96 bits per heavy atom. The first kappa shape index (κ1) is 17.1. The number of hydrogen-bond acceptors (Lipinski definition) is 7. The molecule has 1 N–H and O–H groups in total. The van der Waals surface area contributed by atoms with E-state index in [9.17, 15) is 0 Å². The second kappa shape index (κ2) is 7.49. The molecule has 0 bridgehead atoms. The molecule has 4 rings (SSSR count). The SMILES string of the molecule is COc1ccc(OC)c(Nc2nncc(N3CCCc4ccccc43)n2)c1. The molecule has 1 aliphatic heterocycles. The van der Waals surface area contributed by atoms with Crippen molar-refractivity contribution in [1.82, 2.24) is 15.2 Å². The maximum atomic E-state index is 5.41. The van der Waals surface area contributed by atoms with Crippen LogP contribution in [0, 0.1) is 0 Å². The fourth-order valence-electron chi connectivity index (χ4n) is 3.28. The van der Waals surface area contributed by atoms with Crippen LogP contribution in [0.25, 0.3) is 0 Å². The van der Waals surface area contributed by atoms with E-state index >= 15 is 0 Å². The Hall–Kier alpha value is -3.35. The summed E-state index contributed by atoms with van der Waals surface area (Å²) in [5.41, 5.74) is 3.22. The highest BCUT2D eigenvalue weighted by molar-refractivity contribution is 5.68. The number of nitrogens with zero attached hydrogens (tertiary/aromatic N) is 4. The van der Waals surface area contributed by atoms with Crippen molar-refractivity contribution in [2.75, 3.05) is 31.0 Å². The van der Waals surface area contributed by atoms with Gasteiger partial charge in [0.15, 0.2) is 5.82 Å². The van der Waals surface area contributed by atoms with Crippen LogP contribution in [0.5, 0.6) is 11.5 Å². The Bertz CT molecular complexity index is 947. The van der Waals surface area contributed by atoms with Gasteiger partial charge < -0.3 is 19.7 Å². The summed E-state index contributed by atoms with van der Waals surface area (Å²) in [6.07, 6.45) is 3.85. The summed E-state index contributed by atoms with van der Waals surface area (Å²) in [5.74, 6) is 2.56. The minimum absolute atomic E-state index is 0.405. The Morgan fingerprint density at radius 3 is 2.81 bits per heavy atom. The monoisotopic (exact) mass is 363 g/mol. The maximum absolute atomic E-state index is 5.41. The van der Waals surface area contributed by atoms with Gasteiger partial charge in [-0.15, -0.1) is 5.10 Å². The van der Waals surface area contributed by atoms with E-state index in [1.54, 1.807) is 20.4 Å². The van der Waals surface area contributed by atoms with Crippen LogP contribution in [0.4, 0.5) is 23.1 Å². The third-order valence-electron chi connectivity index (χ3n) is 4.59. The number of aromatic nitrogens is 3. The number of para-hydroxylation sites is 1. The van der Waals surface area contributed by atoms with Crippen molar-refractivity contribution in [3.05, 3.63) is 54.2 Å². The molecular formula is C20H21N5O2. The number of rotatable bonds is 5. The van der Waals surface area contributed by atoms with Gasteiger partial charge in [-0.1, -0.05) is 18.2 Å². The van der Waals surface area contributed by atoms with Crippen molar-refractivity contribution >= 4 is 23.1 Å². The van der Waals surface area contributed by atoms with E-state index in [1.165, 1.54) is 11.3 Å². The molecule has 3 aromatic rings. The predicted molar refractivity (Wildman–Crippen MR) is 104 cm³/mol. The van der Waals surface area contributed by atoms with Gasteiger partial charge in [-0.05, 0) is 36.6 Å². The summed E-state index contributed by atoms with van der Waals surface area (Å²) >= 11 is 0. The molecule has 1 aromatic heterocycles. The first-order chi connectivity index (χ1) is 13.3. The van der Waals surface area contributed by atoms with Gasteiger partial charge in [-0.3, -0.25) is 0 Å². The van der Waals surface area contributed by atoms with Gasteiger partial charge >= 0.3 is 0 Å². The molecule has 0 radical (unpaired) electrons. The Morgan fingerprint density at radius 1 is 1.07 bits per heavy atom. The number of ether oxygens (including phenoxy) is 2. The molecule has 7 heteroatoms. The average molecular weight is 363 g/mol. The lowest BCUT2D eigenvalue weighted by molar-refractivity contribution is 0.405. The molecule has 2 heterocycles. The van der Waals surface area contributed by atoms with E-state index in [4.69, 9.17) is 9.47 Å². The van der Waals surface area contributed by atoms with Crippen molar-refractivity contribution < 1.29 is 9.47 Å². The molecule has 0 unspecified atom stereocenters. The number of fused-ring (bicyclic) bond motifs is 1. The molecule has 0 amide bonds. The number of nitrogens with one attached hydrogen (secondary N) is 1. The van der Waals surface area contributed by atoms with Crippen molar-refractivity contribution in [2.24, 2.45) is 0 Å². The largest absolute Gasteiger partial charge is 0.497 e. The van der Waals surface area contributed by atoms with Crippen LogP contribution >= 0.6 is 0 Å².